The molecule has 20 heavy (non-hydrogen) atoms. The molecule has 1 aromatic heterocycles. The number of furan rings is 1. The number of benzene rings is 3. The van der Waals surface area contributed by atoms with Gasteiger partial charge in [-0.2, -0.15) is 0 Å². The summed E-state index contributed by atoms with van der Waals surface area (Å²) >= 11 is 0. The Bertz CT molecular complexity index is 1130. The van der Waals surface area contributed by atoms with E-state index in [2.05, 4.69) is 0 Å². The minimum atomic E-state index is -0.395. The molecule has 1 nitrogen and oxygen atoms in total. The summed E-state index contributed by atoms with van der Waals surface area (Å²) in [7, 11) is 0. The molecule has 0 aliphatic rings. The Morgan fingerprint density at radius 1 is 0.900 bits per heavy atom. The molecule has 0 N–H and O–H groups in total. The van der Waals surface area contributed by atoms with Crippen molar-refractivity contribution in [3.05, 3.63) is 72.2 Å². The molecule has 0 aliphatic carbocycles. The average molecular weight is 263 g/mol. The van der Waals surface area contributed by atoms with Crippen LogP contribution in [0.3, 0.4) is 0 Å². The molecular weight excluding hydrogens is 244 g/mol. The maximum Gasteiger partial charge on any atom is 0.143 e. The lowest BCUT2D eigenvalue weighted by Gasteiger charge is -2.06. The Kier molecular flexibility index (Phi) is 1.55. The lowest BCUT2D eigenvalue weighted by molar-refractivity contribution is 0.669. The second-order valence-corrected chi connectivity index (χ2v) is 4.73. The maximum absolute atomic E-state index is 8.27. The van der Waals surface area contributed by atoms with E-state index in [1.807, 2.05) is 43.3 Å². The van der Waals surface area contributed by atoms with Gasteiger partial charge in [-0.1, -0.05) is 60.5 Å². The zero-order chi connectivity index (χ0) is 17.9. The SMILES string of the molecule is [2H]c1c([2H])c([2H])c(-c2c(C)ccc3c2oc2ccccc23)c([2H])c1[2H]. The zero-order valence-corrected chi connectivity index (χ0v) is 10.9. The summed E-state index contributed by atoms with van der Waals surface area (Å²) in [4.78, 5) is 0. The Balaban J connectivity index is 2.21. The van der Waals surface area contributed by atoms with E-state index in [1.165, 1.54) is 0 Å². The summed E-state index contributed by atoms with van der Waals surface area (Å²) in [5, 5.41) is 1.80. The van der Waals surface area contributed by atoms with E-state index in [1.54, 1.807) is 0 Å². The predicted octanol–water partition coefficient (Wildman–Crippen LogP) is 5.56. The zero-order valence-electron chi connectivity index (χ0n) is 15.9. The van der Waals surface area contributed by atoms with Gasteiger partial charge in [0.1, 0.15) is 11.2 Å². The predicted molar refractivity (Wildman–Crippen MR) is 83.9 cm³/mol. The first-order valence-corrected chi connectivity index (χ1v) is 6.40. The van der Waals surface area contributed by atoms with Crippen molar-refractivity contribution in [2.75, 3.05) is 0 Å². The van der Waals surface area contributed by atoms with Gasteiger partial charge in [0, 0.05) is 16.3 Å². The van der Waals surface area contributed by atoms with Crippen LogP contribution in [0.25, 0.3) is 33.1 Å². The lowest BCUT2D eigenvalue weighted by Crippen LogP contribution is -1.83. The summed E-state index contributed by atoms with van der Waals surface area (Å²) in [5.74, 6) is 0. The fraction of sp³-hybridized carbons (Fsp3) is 0.0526. The number of rotatable bonds is 1. The standard InChI is InChI=1S/C19H14O/c1-13-11-12-16-15-9-5-6-10-17(15)20-19(16)18(13)14-7-3-2-4-8-14/h2-12H,1H3/i2D,3D,4D,7D,8D. The quantitative estimate of drug-likeness (QED) is 0.438. The number of para-hydroxylation sites is 1. The first-order chi connectivity index (χ1) is 11.9. The minimum absolute atomic E-state index is 0.174. The van der Waals surface area contributed by atoms with Crippen LogP contribution >= 0.6 is 0 Å². The van der Waals surface area contributed by atoms with E-state index < -0.39 is 6.04 Å². The molecule has 0 radical (unpaired) electrons. The first-order valence-electron chi connectivity index (χ1n) is 8.90. The molecule has 96 valence electrons. The third kappa shape index (κ3) is 1.56. The maximum atomic E-state index is 8.27. The van der Waals surface area contributed by atoms with Crippen LogP contribution in [0.1, 0.15) is 12.4 Å². The van der Waals surface area contributed by atoms with Gasteiger partial charge in [0.15, 0.2) is 0 Å². The van der Waals surface area contributed by atoms with Gasteiger partial charge in [-0.05, 0) is 24.1 Å². The van der Waals surface area contributed by atoms with E-state index in [9.17, 15) is 0 Å². The van der Waals surface area contributed by atoms with Crippen LogP contribution in [-0.4, -0.2) is 0 Å². The smallest absolute Gasteiger partial charge is 0.143 e. The molecule has 0 saturated carbocycles. The van der Waals surface area contributed by atoms with E-state index in [-0.39, 0.29) is 29.7 Å². The molecule has 0 aliphatic heterocycles. The Labute approximate surface area is 124 Å². The van der Waals surface area contributed by atoms with E-state index in [0.29, 0.717) is 16.7 Å². The van der Waals surface area contributed by atoms with Gasteiger partial charge in [0.25, 0.3) is 0 Å². The molecule has 0 unspecified atom stereocenters. The summed E-state index contributed by atoms with van der Waals surface area (Å²) < 4.78 is 46.2. The largest absolute Gasteiger partial charge is 0.455 e. The average Bonchev–Trinajstić information content (AvgIpc) is 2.99. The first kappa shape index (κ1) is 7.30. The number of aryl methyl sites for hydroxylation is 1. The topological polar surface area (TPSA) is 13.1 Å². The summed E-state index contributed by atoms with van der Waals surface area (Å²) in [5.41, 5.74) is 2.76. The van der Waals surface area contributed by atoms with Crippen molar-refractivity contribution >= 4 is 21.9 Å². The molecule has 1 heteroatoms. The Hall–Kier alpha value is -2.54. The fourth-order valence-corrected chi connectivity index (χ4v) is 2.57. The van der Waals surface area contributed by atoms with Crippen LogP contribution < -0.4 is 0 Å². The third-order valence-electron chi connectivity index (χ3n) is 3.51. The lowest BCUT2D eigenvalue weighted by atomic mass is 9.98. The van der Waals surface area contributed by atoms with Crippen molar-refractivity contribution < 1.29 is 11.3 Å². The van der Waals surface area contributed by atoms with Gasteiger partial charge in [-0.15, -0.1) is 0 Å². The van der Waals surface area contributed by atoms with Gasteiger partial charge < -0.3 is 4.42 Å². The number of hydrogen-bond acceptors (Lipinski definition) is 1. The highest BCUT2D eigenvalue weighted by Crippen LogP contribution is 2.37. The molecule has 0 spiro atoms. The van der Waals surface area contributed by atoms with Crippen molar-refractivity contribution in [2.24, 2.45) is 0 Å². The molecule has 0 fully saturated rings. The normalized spacial score (nSPS) is 14.8. The molecule has 1 heterocycles. The number of hydrogen-bond donors (Lipinski definition) is 0. The van der Waals surface area contributed by atoms with Crippen LogP contribution in [-0.2, 0) is 0 Å². The van der Waals surface area contributed by atoms with Crippen LogP contribution in [0.2, 0.25) is 0 Å². The van der Waals surface area contributed by atoms with Crippen LogP contribution in [0.15, 0.2) is 71.0 Å². The van der Waals surface area contributed by atoms with Gasteiger partial charge in [0.2, 0.25) is 0 Å². The fourth-order valence-electron chi connectivity index (χ4n) is 2.57. The molecular formula is C19H14O. The molecule has 4 rings (SSSR count). The monoisotopic (exact) mass is 263 g/mol. The number of fused-ring (bicyclic) bond motifs is 3. The Morgan fingerprint density at radius 2 is 1.70 bits per heavy atom. The molecule has 0 atom stereocenters. The highest BCUT2D eigenvalue weighted by atomic mass is 16.3. The second-order valence-electron chi connectivity index (χ2n) is 4.73. The van der Waals surface area contributed by atoms with Gasteiger partial charge in [-0.25, -0.2) is 0 Å². The van der Waals surface area contributed by atoms with E-state index in [4.69, 9.17) is 11.3 Å². The van der Waals surface area contributed by atoms with Crippen LogP contribution in [0, 0.1) is 6.92 Å². The molecule has 0 saturated heterocycles. The van der Waals surface area contributed by atoms with E-state index >= 15 is 0 Å². The second kappa shape index (κ2) is 4.24. The summed E-state index contributed by atoms with van der Waals surface area (Å²) in [6, 6.07) is 9.90. The van der Waals surface area contributed by atoms with Crippen molar-refractivity contribution in [1.29, 1.82) is 0 Å². The Morgan fingerprint density at radius 3 is 2.55 bits per heavy atom. The van der Waals surface area contributed by atoms with Crippen LogP contribution in [0.5, 0.6) is 0 Å². The van der Waals surface area contributed by atoms with Crippen molar-refractivity contribution in [1.82, 2.24) is 0 Å². The molecule has 0 bridgehead atoms. The van der Waals surface area contributed by atoms with Crippen molar-refractivity contribution in [3.63, 3.8) is 0 Å². The van der Waals surface area contributed by atoms with E-state index in [0.717, 1.165) is 16.3 Å². The highest BCUT2D eigenvalue weighted by Gasteiger charge is 2.13. The molecule has 0 amide bonds. The minimum Gasteiger partial charge on any atom is -0.455 e. The summed E-state index contributed by atoms with van der Waals surface area (Å²) in [6.07, 6.45) is 0. The van der Waals surface area contributed by atoms with Crippen LogP contribution in [0.4, 0.5) is 0 Å². The van der Waals surface area contributed by atoms with Gasteiger partial charge in [0.05, 0.1) is 6.85 Å². The van der Waals surface area contributed by atoms with Gasteiger partial charge >= 0.3 is 0 Å². The van der Waals surface area contributed by atoms with Gasteiger partial charge in [-0.3, -0.25) is 0 Å². The molecule has 4 aromatic rings. The molecule has 3 aromatic carbocycles. The third-order valence-corrected chi connectivity index (χ3v) is 3.51. The van der Waals surface area contributed by atoms with Crippen molar-refractivity contribution in [3.8, 4) is 11.1 Å². The van der Waals surface area contributed by atoms with Crippen molar-refractivity contribution in [2.45, 2.75) is 6.92 Å². The summed E-state index contributed by atoms with van der Waals surface area (Å²) in [6.45, 7) is 1.85. The highest BCUT2D eigenvalue weighted by molar-refractivity contribution is 6.10.